The zero-order chi connectivity index (χ0) is 17.9. The topological polar surface area (TPSA) is 60.2 Å². The first-order chi connectivity index (χ1) is 11.7. The molecule has 0 saturated heterocycles. The summed E-state index contributed by atoms with van der Waals surface area (Å²) in [6, 6.07) is 0. The van der Waals surface area contributed by atoms with Gasteiger partial charge >= 0.3 is 0 Å². The van der Waals surface area contributed by atoms with Crippen LogP contribution in [0.15, 0.2) is 60.4 Å². The zero-order valence-electron chi connectivity index (χ0n) is 14.6. The number of nitro groups is 1. The van der Waals surface area contributed by atoms with E-state index in [2.05, 4.69) is 31.2 Å². The van der Waals surface area contributed by atoms with E-state index in [1.165, 1.54) is 0 Å². The summed E-state index contributed by atoms with van der Waals surface area (Å²) in [6.45, 7) is 2.11. The van der Waals surface area contributed by atoms with E-state index in [1.54, 1.807) is 12.2 Å². The van der Waals surface area contributed by atoms with Crippen LogP contribution in [0.25, 0.3) is 0 Å². The summed E-state index contributed by atoms with van der Waals surface area (Å²) in [4.78, 5) is 20.8. The first-order valence-corrected chi connectivity index (χ1v) is 8.59. The van der Waals surface area contributed by atoms with Gasteiger partial charge in [0.15, 0.2) is 0 Å². The maximum atomic E-state index is 11.0. The number of hydrogen-bond acceptors (Lipinski definition) is 3. The maximum Gasteiger partial charge on any atom is 0.246 e. The van der Waals surface area contributed by atoms with Crippen LogP contribution in [0.3, 0.4) is 0 Å². The number of nitrogens with zero attached hydrogens (tertiary/aromatic N) is 1. The standard InChI is InChI=1S/C20H29NO3/c1-2-3-4-5-6-7-8-9-11-14-17-20(21(23)24)18-15-12-10-13-16-19-22/h3-4,6-7,9,11-12,15,17,19H,2,5,8,10,13-14,16,18H2,1H3/b4-3+,7-6+,11-9+,15-12+,20-17-. The average molecular weight is 331 g/mol. The minimum Gasteiger partial charge on any atom is -0.303 e. The van der Waals surface area contributed by atoms with E-state index in [4.69, 9.17) is 0 Å². The van der Waals surface area contributed by atoms with Crippen LogP contribution in [0.2, 0.25) is 0 Å². The Hall–Kier alpha value is -2.23. The Labute approximate surface area is 145 Å². The van der Waals surface area contributed by atoms with E-state index in [0.29, 0.717) is 19.3 Å². The average Bonchev–Trinajstić information content (AvgIpc) is 2.57. The van der Waals surface area contributed by atoms with Gasteiger partial charge in [0.05, 0.1) is 11.3 Å². The summed E-state index contributed by atoms with van der Waals surface area (Å²) in [7, 11) is 0. The van der Waals surface area contributed by atoms with Crippen LogP contribution in [0.1, 0.15) is 58.3 Å². The van der Waals surface area contributed by atoms with Gasteiger partial charge in [-0.3, -0.25) is 10.1 Å². The second-order valence-electron chi connectivity index (χ2n) is 5.26. The van der Waals surface area contributed by atoms with Crippen LogP contribution in [-0.4, -0.2) is 11.2 Å². The summed E-state index contributed by atoms with van der Waals surface area (Å²) in [5.41, 5.74) is 0.214. The zero-order valence-corrected chi connectivity index (χ0v) is 14.6. The van der Waals surface area contributed by atoms with Gasteiger partial charge in [0, 0.05) is 6.42 Å². The number of unbranched alkanes of at least 4 members (excludes halogenated alkanes) is 2. The van der Waals surface area contributed by atoms with E-state index < -0.39 is 0 Å². The van der Waals surface area contributed by atoms with Crippen molar-refractivity contribution in [1.82, 2.24) is 0 Å². The van der Waals surface area contributed by atoms with Crippen molar-refractivity contribution >= 4 is 6.29 Å². The molecule has 0 aromatic rings. The summed E-state index contributed by atoms with van der Waals surface area (Å²) >= 11 is 0. The molecule has 0 unspecified atom stereocenters. The van der Waals surface area contributed by atoms with Crippen molar-refractivity contribution in [2.24, 2.45) is 0 Å². The minimum absolute atomic E-state index is 0.214. The van der Waals surface area contributed by atoms with Crippen molar-refractivity contribution in [2.45, 2.75) is 58.3 Å². The summed E-state index contributed by atoms with van der Waals surface area (Å²) in [5, 5.41) is 11.0. The first-order valence-electron chi connectivity index (χ1n) is 8.59. The summed E-state index contributed by atoms with van der Waals surface area (Å²) < 4.78 is 0. The largest absolute Gasteiger partial charge is 0.303 e. The molecule has 0 aliphatic carbocycles. The van der Waals surface area contributed by atoms with Gasteiger partial charge < -0.3 is 4.79 Å². The van der Waals surface area contributed by atoms with Crippen molar-refractivity contribution in [3.05, 3.63) is 70.5 Å². The Balaban J connectivity index is 4.06. The Morgan fingerprint density at radius 1 is 0.875 bits per heavy atom. The first kappa shape index (κ1) is 21.8. The van der Waals surface area contributed by atoms with Gasteiger partial charge in [0.25, 0.3) is 0 Å². The lowest BCUT2D eigenvalue weighted by molar-refractivity contribution is -0.427. The third-order valence-electron chi connectivity index (χ3n) is 3.19. The molecule has 4 heteroatoms. The fraction of sp³-hybridized carbons (Fsp3) is 0.450. The van der Waals surface area contributed by atoms with Crippen molar-refractivity contribution < 1.29 is 9.72 Å². The van der Waals surface area contributed by atoms with Crippen molar-refractivity contribution in [3.63, 3.8) is 0 Å². The fourth-order valence-corrected chi connectivity index (χ4v) is 1.88. The Morgan fingerprint density at radius 2 is 1.50 bits per heavy atom. The molecule has 0 bridgehead atoms. The Morgan fingerprint density at radius 3 is 2.08 bits per heavy atom. The second-order valence-corrected chi connectivity index (χ2v) is 5.26. The van der Waals surface area contributed by atoms with Crippen molar-refractivity contribution in [2.75, 3.05) is 0 Å². The monoisotopic (exact) mass is 331 g/mol. The van der Waals surface area contributed by atoms with Crippen LogP contribution < -0.4 is 0 Å². The van der Waals surface area contributed by atoms with Gasteiger partial charge in [-0.15, -0.1) is 0 Å². The molecule has 24 heavy (non-hydrogen) atoms. The molecule has 4 nitrogen and oxygen atoms in total. The lowest BCUT2D eigenvalue weighted by Gasteiger charge is -1.94. The van der Waals surface area contributed by atoms with E-state index in [0.717, 1.165) is 38.4 Å². The van der Waals surface area contributed by atoms with Crippen LogP contribution >= 0.6 is 0 Å². The number of carbonyl (C=O) groups excluding carboxylic acids is 1. The SMILES string of the molecule is CC/C=C/C/C=C/C/C=C/C/C=C(/C/C=C/CCCC=O)[N+](=O)[O-]. The van der Waals surface area contributed by atoms with Crippen LogP contribution in [0, 0.1) is 10.1 Å². The molecule has 0 aromatic carbocycles. The predicted octanol–water partition coefficient (Wildman–Crippen LogP) is 5.71. The van der Waals surface area contributed by atoms with E-state index in [-0.39, 0.29) is 10.6 Å². The molecule has 0 N–H and O–H groups in total. The Bertz CT molecular complexity index is 485. The van der Waals surface area contributed by atoms with E-state index >= 15 is 0 Å². The number of allylic oxidation sites excluding steroid dienone is 9. The van der Waals surface area contributed by atoms with Gasteiger partial charge in [-0.25, -0.2) is 0 Å². The molecule has 0 atom stereocenters. The highest BCUT2D eigenvalue weighted by atomic mass is 16.6. The second kappa shape index (κ2) is 17.1. The molecule has 0 spiro atoms. The number of aldehydes is 1. The molecule has 0 aliphatic heterocycles. The number of rotatable bonds is 14. The molecule has 0 heterocycles. The molecule has 0 aromatic heterocycles. The van der Waals surface area contributed by atoms with Gasteiger partial charge in [-0.2, -0.15) is 0 Å². The quantitative estimate of drug-likeness (QED) is 0.135. The fourth-order valence-electron chi connectivity index (χ4n) is 1.88. The molecule has 0 aliphatic rings. The molecule has 0 rings (SSSR count). The molecule has 0 amide bonds. The van der Waals surface area contributed by atoms with Crippen LogP contribution in [-0.2, 0) is 4.79 Å². The molecular formula is C20H29NO3. The minimum atomic E-state index is -0.330. The van der Waals surface area contributed by atoms with Gasteiger partial charge in [0.1, 0.15) is 6.29 Å². The van der Waals surface area contributed by atoms with Gasteiger partial charge in [-0.1, -0.05) is 55.5 Å². The molecular weight excluding hydrogens is 302 g/mol. The summed E-state index contributed by atoms with van der Waals surface area (Å²) in [6.07, 6.45) is 24.6. The highest BCUT2D eigenvalue weighted by molar-refractivity contribution is 5.49. The highest BCUT2D eigenvalue weighted by Crippen LogP contribution is 2.07. The predicted molar refractivity (Wildman–Crippen MR) is 100 cm³/mol. The van der Waals surface area contributed by atoms with Crippen molar-refractivity contribution in [3.8, 4) is 0 Å². The lowest BCUT2D eigenvalue weighted by Crippen LogP contribution is -1.97. The third-order valence-corrected chi connectivity index (χ3v) is 3.19. The molecule has 0 fully saturated rings. The van der Waals surface area contributed by atoms with Gasteiger partial charge in [0.2, 0.25) is 5.70 Å². The van der Waals surface area contributed by atoms with E-state index in [1.807, 2.05) is 18.2 Å². The summed E-state index contributed by atoms with van der Waals surface area (Å²) in [5.74, 6) is 0. The molecule has 132 valence electrons. The third kappa shape index (κ3) is 14.7. The lowest BCUT2D eigenvalue weighted by atomic mass is 10.2. The van der Waals surface area contributed by atoms with Crippen LogP contribution in [0.4, 0.5) is 0 Å². The van der Waals surface area contributed by atoms with E-state index in [9.17, 15) is 14.9 Å². The maximum absolute atomic E-state index is 11.0. The van der Waals surface area contributed by atoms with Gasteiger partial charge in [-0.05, 0) is 44.6 Å². The number of carbonyl (C=O) groups is 1. The van der Waals surface area contributed by atoms with Crippen LogP contribution in [0.5, 0.6) is 0 Å². The normalized spacial score (nSPS) is 13.0. The number of hydrogen-bond donors (Lipinski definition) is 0. The molecule has 0 saturated carbocycles. The van der Waals surface area contributed by atoms with Crippen molar-refractivity contribution in [1.29, 1.82) is 0 Å². The molecule has 0 radical (unpaired) electrons. The smallest absolute Gasteiger partial charge is 0.246 e. The highest BCUT2D eigenvalue weighted by Gasteiger charge is 2.06. The Kier molecular flexibility index (Phi) is 15.5.